The van der Waals surface area contributed by atoms with E-state index >= 15 is 0 Å². The van der Waals surface area contributed by atoms with Gasteiger partial charge in [-0.3, -0.25) is 4.79 Å². The van der Waals surface area contributed by atoms with Crippen LogP contribution in [0.4, 0.5) is 0 Å². The maximum Gasteiger partial charge on any atom is 0.322 e. The van der Waals surface area contributed by atoms with Gasteiger partial charge in [-0.15, -0.1) is 0 Å². The van der Waals surface area contributed by atoms with E-state index in [9.17, 15) is 18.3 Å². The van der Waals surface area contributed by atoms with Crippen LogP contribution in [0.15, 0.2) is 58.2 Å². The molecule has 1 saturated heterocycles. The molecule has 0 radical (unpaired) electrons. The van der Waals surface area contributed by atoms with E-state index < -0.39 is 28.1 Å². The molecule has 8 heteroatoms. The van der Waals surface area contributed by atoms with Gasteiger partial charge in [-0.05, 0) is 18.2 Å². The maximum absolute atomic E-state index is 12.6. The number of hydrogen-bond acceptors (Lipinski definition) is 5. The van der Waals surface area contributed by atoms with Crippen molar-refractivity contribution in [3.05, 3.63) is 48.9 Å². The number of nitrogens with zero attached hydrogens (tertiary/aromatic N) is 1. The molecule has 2 aromatic rings. The summed E-state index contributed by atoms with van der Waals surface area (Å²) in [6.45, 7) is -0.0284. The number of carboxylic acid groups (broad SMARTS) is 1. The molecule has 0 aliphatic carbocycles. The average Bonchev–Trinajstić information content (AvgIpc) is 3.18. The molecule has 3 rings (SSSR count). The van der Waals surface area contributed by atoms with E-state index in [1.807, 2.05) is 6.07 Å². The number of sulfonamides is 1. The molecule has 0 amide bonds. The number of aliphatic carboxylic acids is 1. The smallest absolute Gasteiger partial charge is 0.322 e. The van der Waals surface area contributed by atoms with Crippen LogP contribution in [0.2, 0.25) is 0 Å². The zero-order valence-corrected chi connectivity index (χ0v) is 12.8. The van der Waals surface area contributed by atoms with E-state index in [2.05, 4.69) is 0 Å². The van der Waals surface area contributed by atoms with Gasteiger partial charge >= 0.3 is 5.97 Å². The van der Waals surface area contributed by atoms with Crippen molar-refractivity contribution >= 4 is 16.0 Å². The summed E-state index contributed by atoms with van der Waals surface area (Å²) in [5.41, 5.74) is 0. The Hall–Kier alpha value is -2.32. The van der Waals surface area contributed by atoms with Crippen molar-refractivity contribution in [2.45, 2.75) is 23.5 Å². The van der Waals surface area contributed by atoms with E-state index in [0.717, 1.165) is 10.6 Å². The first-order valence-electron chi connectivity index (χ1n) is 6.97. The molecule has 7 nitrogen and oxygen atoms in total. The molecule has 122 valence electrons. The largest absolute Gasteiger partial charge is 0.489 e. The third kappa shape index (κ3) is 3.08. The summed E-state index contributed by atoms with van der Waals surface area (Å²) < 4.78 is 36.6. The monoisotopic (exact) mass is 337 g/mol. The third-order valence-electron chi connectivity index (χ3n) is 3.65. The fraction of sp³-hybridized carbons (Fsp3) is 0.267. The van der Waals surface area contributed by atoms with Crippen molar-refractivity contribution in [2.24, 2.45) is 0 Å². The second kappa shape index (κ2) is 6.05. The quantitative estimate of drug-likeness (QED) is 0.889. The molecule has 1 aliphatic rings. The lowest BCUT2D eigenvalue weighted by molar-refractivity contribution is -0.140. The van der Waals surface area contributed by atoms with Gasteiger partial charge in [0.05, 0.1) is 12.8 Å². The third-order valence-corrected chi connectivity index (χ3v) is 5.50. The highest BCUT2D eigenvalue weighted by Gasteiger charge is 2.45. The number of para-hydroxylation sites is 1. The molecule has 2 heterocycles. The van der Waals surface area contributed by atoms with Gasteiger partial charge in [0.25, 0.3) is 0 Å². The normalized spacial score (nSPS) is 22.1. The summed E-state index contributed by atoms with van der Waals surface area (Å²) in [5, 5.41) is 9.34. The second-order valence-corrected chi connectivity index (χ2v) is 7.07. The van der Waals surface area contributed by atoms with Crippen LogP contribution >= 0.6 is 0 Å². The molecular formula is C15H15NO6S. The van der Waals surface area contributed by atoms with Gasteiger partial charge < -0.3 is 14.3 Å². The summed E-state index contributed by atoms with van der Waals surface area (Å²) in [7, 11) is -3.94. The number of hydrogen-bond donors (Lipinski definition) is 1. The number of carboxylic acids is 1. The summed E-state index contributed by atoms with van der Waals surface area (Å²) in [4.78, 5) is 11.4. The molecular weight excluding hydrogens is 322 g/mol. The molecule has 1 aromatic carbocycles. The summed E-state index contributed by atoms with van der Waals surface area (Å²) in [6.07, 6.45) is 1.87. The van der Waals surface area contributed by atoms with Crippen LogP contribution in [0.25, 0.3) is 0 Å². The number of benzene rings is 1. The second-order valence-electron chi connectivity index (χ2n) is 5.18. The highest BCUT2D eigenvalue weighted by Crippen LogP contribution is 2.29. The van der Waals surface area contributed by atoms with Crippen molar-refractivity contribution < 1.29 is 27.5 Å². The van der Waals surface area contributed by atoms with E-state index in [-0.39, 0.29) is 17.9 Å². The predicted molar refractivity (Wildman–Crippen MR) is 79.5 cm³/mol. The first-order chi connectivity index (χ1) is 11.0. The van der Waals surface area contributed by atoms with Crippen molar-refractivity contribution in [1.82, 2.24) is 4.31 Å². The number of carbonyl (C=O) groups is 1. The molecule has 1 aromatic heterocycles. The van der Waals surface area contributed by atoms with E-state index in [4.69, 9.17) is 9.15 Å². The predicted octanol–water partition coefficient (Wildman–Crippen LogP) is 1.57. The van der Waals surface area contributed by atoms with Gasteiger partial charge in [0.2, 0.25) is 10.0 Å². The van der Waals surface area contributed by atoms with Gasteiger partial charge in [0.15, 0.2) is 0 Å². The van der Waals surface area contributed by atoms with Gasteiger partial charge in [-0.2, -0.15) is 4.31 Å². The average molecular weight is 337 g/mol. The molecule has 0 unspecified atom stereocenters. The minimum atomic E-state index is -3.94. The Bertz CT molecular complexity index is 772. The number of rotatable bonds is 5. The molecule has 1 aliphatic heterocycles. The van der Waals surface area contributed by atoms with Crippen LogP contribution < -0.4 is 4.74 Å². The lowest BCUT2D eigenvalue weighted by atomic mass is 10.2. The topological polar surface area (TPSA) is 97.0 Å². The molecule has 2 atom stereocenters. The molecule has 23 heavy (non-hydrogen) atoms. The first kappa shape index (κ1) is 15.6. The maximum atomic E-state index is 12.6. The Morgan fingerprint density at radius 1 is 1.26 bits per heavy atom. The Labute approximate surface area is 133 Å². The number of furan rings is 1. The SMILES string of the molecule is O=C(O)[C@@H]1C[C@H](Oc2ccccc2)CN1S(=O)(=O)c1ccoc1. The lowest BCUT2D eigenvalue weighted by Gasteiger charge is -2.19. The summed E-state index contributed by atoms with van der Waals surface area (Å²) >= 11 is 0. The minimum Gasteiger partial charge on any atom is -0.489 e. The van der Waals surface area contributed by atoms with Crippen LogP contribution in [0.1, 0.15) is 6.42 Å². The van der Waals surface area contributed by atoms with Gasteiger partial charge in [-0.1, -0.05) is 18.2 Å². The van der Waals surface area contributed by atoms with E-state index in [1.54, 1.807) is 24.3 Å². The van der Waals surface area contributed by atoms with Gasteiger partial charge in [0.1, 0.15) is 29.1 Å². The molecule has 0 bridgehead atoms. The van der Waals surface area contributed by atoms with Crippen molar-refractivity contribution in [2.75, 3.05) is 6.54 Å². The Balaban J connectivity index is 1.83. The fourth-order valence-corrected chi connectivity index (χ4v) is 4.12. The number of ether oxygens (including phenoxy) is 1. The fourth-order valence-electron chi connectivity index (χ4n) is 2.57. The van der Waals surface area contributed by atoms with Crippen molar-refractivity contribution in [1.29, 1.82) is 0 Å². The summed E-state index contributed by atoms with van der Waals surface area (Å²) in [5.74, 6) is -0.625. The Morgan fingerprint density at radius 2 is 2.00 bits per heavy atom. The Morgan fingerprint density at radius 3 is 2.61 bits per heavy atom. The van der Waals surface area contributed by atoms with E-state index in [1.165, 1.54) is 12.3 Å². The van der Waals surface area contributed by atoms with Gasteiger partial charge in [-0.25, -0.2) is 8.42 Å². The van der Waals surface area contributed by atoms with Crippen molar-refractivity contribution in [3.63, 3.8) is 0 Å². The standard InChI is InChI=1S/C15H15NO6S/c17-15(18)14-8-12(22-11-4-2-1-3-5-11)9-16(14)23(19,20)13-6-7-21-10-13/h1-7,10,12,14H,8-9H2,(H,17,18)/t12-,14-/m0/s1. The van der Waals surface area contributed by atoms with Crippen LogP contribution in [-0.2, 0) is 14.8 Å². The molecule has 0 saturated carbocycles. The zero-order chi connectivity index (χ0) is 16.4. The first-order valence-corrected chi connectivity index (χ1v) is 8.41. The highest BCUT2D eigenvalue weighted by atomic mass is 32.2. The van der Waals surface area contributed by atoms with Crippen LogP contribution in [-0.4, -0.2) is 42.5 Å². The molecule has 1 fully saturated rings. The molecule has 1 N–H and O–H groups in total. The van der Waals surface area contributed by atoms with Crippen LogP contribution in [0.3, 0.4) is 0 Å². The summed E-state index contributed by atoms with van der Waals surface area (Å²) in [6, 6.07) is 9.02. The van der Waals surface area contributed by atoms with Crippen molar-refractivity contribution in [3.8, 4) is 5.75 Å². The highest BCUT2D eigenvalue weighted by molar-refractivity contribution is 7.89. The Kier molecular flexibility index (Phi) is 4.10. The lowest BCUT2D eigenvalue weighted by Crippen LogP contribution is -2.40. The molecule has 0 spiro atoms. The van der Waals surface area contributed by atoms with E-state index in [0.29, 0.717) is 5.75 Å². The zero-order valence-electron chi connectivity index (χ0n) is 12.0. The minimum absolute atomic E-state index is 0.0284. The van der Waals surface area contributed by atoms with Gasteiger partial charge in [0, 0.05) is 6.42 Å². The van der Waals surface area contributed by atoms with Crippen LogP contribution in [0, 0.1) is 0 Å². The van der Waals surface area contributed by atoms with Crippen LogP contribution in [0.5, 0.6) is 5.75 Å².